The summed E-state index contributed by atoms with van der Waals surface area (Å²) in [5, 5.41) is 12.2. The molecule has 0 aromatic heterocycles. The van der Waals surface area contributed by atoms with E-state index in [0.717, 1.165) is 37.3 Å². The Morgan fingerprint density at radius 2 is 1.50 bits per heavy atom. The van der Waals surface area contributed by atoms with Gasteiger partial charge in [0.25, 0.3) is 0 Å². The van der Waals surface area contributed by atoms with E-state index in [1.165, 1.54) is 0 Å². The lowest BCUT2D eigenvalue weighted by Gasteiger charge is -2.64. The van der Waals surface area contributed by atoms with Gasteiger partial charge < -0.3 is 10.4 Å². The van der Waals surface area contributed by atoms with Crippen LogP contribution in [0.4, 0.5) is 5.69 Å². The molecule has 2 aromatic carbocycles. The fourth-order valence-corrected chi connectivity index (χ4v) is 6.44. The number of carboxylic acids is 1. The number of nitrogens with one attached hydrogen (secondary N) is 1. The van der Waals surface area contributed by atoms with E-state index < -0.39 is 5.97 Å². The smallest absolute Gasteiger partial charge is 0.303 e. The summed E-state index contributed by atoms with van der Waals surface area (Å²) < 4.78 is 0. The number of carboxylic acid groups (broad SMARTS) is 1. The van der Waals surface area contributed by atoms with Crippen LogP contribution in [0.2, 0.25) is 0 Å². The van der Waals surface area contributed by atoms with Crippen LogP contribution in [0.25, 0.3) is 0 Å². The number of rotatable bonds is 7. The number of hydrogen-bond donors (Lipinski definition) is 2. The Balaban J connectivity index is 1.26. The highest BCUT2D eigenvalue weighted by Gasteiger charge is 2.61. The Bertz CT molecular complexity index is 1070. The van der Waals surface area contributed by atoms with Gasteiger partial charge in [-0.05, 0) is 23.3 Å². The van der Waals surface area contributed by atoms with Crippen molar-refractivity contribution in [2.24, 2.45) is 10.8 Å². The number of hydrogen-bond acceptors (Lipinski definition) is 5. The lowest BCUT2D eigenvalue weighted by molar-refractivity contribution is -0.197. The van der Waals surface area contributed by atoms with Gasteiger partial charge in [0.15, 0.2) is 0 Å². The molecule has 4 heterocycles. The molecule has 1 atom stereocenters. The molecule has 4 aliphatic rings. The highest BCUT2D eigenvalue weighted by molar-refractivity contribution is 5.93. The van der Waals surface area contributed by atoms with Crippen LogP contribution in [0, 0.1) is 10.8 Å². The molecular weight excluding hydrogens is 430 g/mol. The van der Waals surface area contributed by atoms with Crippen molar-refractivity contribution in [2.45, 2.75) is 38.8 Å². The maximum Gasteiger partial charge on any atom is 0.303 e. The van der Waals surface area contributed by atoms with Crippen LogP contribution in [0.5, 0.6) is 0 Å². The van der Waals surface area contributed by atoms with Crippen molar-refractivity contribution in [3.8, 4) is 0 Å². The third kappa shape index (κ3) is 4.03. The zero-order valence-corrected chi connectivity index (χ0v) is 19.7. The monoisotopic (exact) mass is 461 g/mol. The topological polar surface area (TPSA) is 89.9 Å². The van der Waals surface area contributed by atoms with Crippen LogP contribution in [-0.4, -0.2) is 58.7 Å². The number of benzene rings is 2. The van der Waals surface area contributed by atoms with Gasteiger partial charge in [-0.25, -0.2) is 0 Å². The van der Waals surface area contributed by atoms with Crippen molar-refractivity contribution in [1.82, 2.24) is 9.80 Å². The zero-order valence-electron chi connectivity index (χ0n) is 19.7. The van der Waals surface area contributed by atoms with Crippen LogP contribution in [0.1, 0.15) is 49.9 Å². The van der Waals surface area contributed by atoms with E-state index in [2.05, 4.69) is 29.0 Å². The minimum atomic E-state index is -0.920. The van der Waals surface area contributed by atoms with Crippen molar-refractivity contribution in [2.75, 3.05) is 31.5 Å². The van der Waals surface area contributed by atoms with Gasteiger partial charge in [0.1, 0.15) is 5.78 Å². The average Bonchev–Trinajstić information content (AvgIpc) is 2.77. The van der Waals surface area contributed by atoms with E-state index in [9.17, 15) is 19.5 Å². The Labute approximate surface area is 199 Å². The number of Topliss-reactive ketones (excluding diaryl/α,β-unsaturated/α-hetero) is 1. The molecule has 6 rings (SSSR count). The highest BCUT2D eigenvalue weighted by atomic mass is 16.4. The molecule has 178 valence electrons. The molecule has 2 aromatic rings. The van der Waals surface area contributed by atoms with Crippen molar-refractivity contribution in [3.05, 3.63) is 65.7 Å². The first-order chi connectivity index (χ1) is 16.2. The van der Waals surface area contributed by atoms with Crippen LogP contribution >= 0.6 is 0 Å². The second kappa shape index (κ2) is 8.32. The quantitative estimate of drug-likeness (QED) is 0.656. The molecule has 7 heteroatoms. The number of ketones is 1. The SMILES string of the molecule is CC12CN3CC(C)(CN(C1)C3c1ccc(NC(=O)CC(CC(=O)O)c3ccccc3)cc1)C2=O. The lowest BCUT2D eigenvalue weighted by atomic mass is 9.62. The summed E-state index contributed by atoms with van der Waals surface area (Å²) >= 11 is 0. The number of piperidine rings is 2. The molecule has 7 nitrogen and oxygen atoms in total. The molecule has 0 radical (unpaired) electrons. The summed E-state index contributed by atoms with van der Waals surface area (Å²) in [6, 6.07) is 17.2. The van der Waals surface area contributed by atoms with Crippen LogP contribution in [0.15, 0.2) is 54.6 Å². The van der Waals surface area contributed by atoms with Crippen LogP contribution in [0.3, 0.4) is 0 Å². The van der Waals surface area contributed by atoms with Crippen molar-refractivity contribution < 1.29 is 19.5 Å². The Hall–Kier alpha value is -3.03. The van der Waals surface area contributed by atoms with Gasteiger partial charge in [-0.2, -0.15) is 0 Å². The number of anilines is 1. The third-order valence-corrected chi connectivity index (χ3v) is 7.61. The van der Waals surface area contributed by atoms with Crippen molar-refractivity contribution >= 4 is 23.3 Å². The molecule has 1 amide bonds. The normalized spacial score (nSPS) is 32.4. The maximum absolute atomic E-state index is 12.9. The highest BCUT2D eigenvalue weighted by Crippen LogP contribution is 2.51. The molecule has 4 fully saturated rings. The maximum atomic E-state index is 12.9. The van der Waals surface area contributed by atoms with Gasteiger partial charge in [0.05, 0.1) is 23.4 Å². The van der Waals surface area contributed by atoms with Gasteiger partial charge in [0, 0.05) is 44.2 Å². The number of carbonyl (C=O) groups is 3. The van der Waals surface area contributed by atoms with Crippen molar-refractivity contribution in [1.29, 1.82) is 0 Å². The fraction of sp³-hybridized carbons (Fsp3) is 0.444. The average molecular weight is 462 g/mol. The van der Waals surface area contributed by atoms with E-state index in [0.29, 0.717) is 11.5 Å². The molecule has 34 heavy (non-hydrogen) atoms. The van der Waals surface area contributed by atoms with E-state index >= 15 is 0 Å². The third-order valence-electron chi connectivity index (χ3n) is 7.61. The van der Waals surface area contributed by atoms with Crippen LogP contribution in [-0.2, 0) is 14.4 Å². The van der Waals surface area contributed by atoms with E-state index in [1.54, 1.807) is 0 Å². The molecule has 4 aliphatic heterocycles. The van der Waals surface area contributed by atoms with E-state index in [1.807, 2.05) is 54.6 Å². The van der Waals surface area contributed by atoms with Gasteiger partial charge in [-0.15, -0.1) is 0 Å². The minimum Gasteiger partial charge on any atom is -0.481 e. The summed E-state index contributed by atoms with van der Waals surface area (Å²) in [6.45, 7) is 7.32. The molecule has 4 bridgehead atoms. The number of carbonyl (C=O) groups excluding carboxylic acids is 2. The largest absolute Gasteiger partial charge is 0.481 e. The second-order valence-electron chi connectivity index (χ2n) is 10.7. The molecule has 0 saturated carbocycles. The first-order valence-electron chi connectivity index (χ1n) is 11.9. The Morgan fingerprint density at radius 3 is 2.03 bits per heavy atom. The van der Waals surface area contributed by atoms with Crippen LogP contribution < -0.4 is 5.32 Å². The minimum absolute atomic E-state index is 0.0932. The standard InChI is InChI=1S/C27H31N3O4/c1-26-14-29-16-27(2,25(26)34)17-30(15-26)24(29)19-8-10-21(11-9-19)28-22(31)12-20(13-23(32)33)18-6-4-3-5-7-18/h3-11,20,24H,12-17H2,1-2H3,(H,28,31)(H,32,33). The van der Waals surface area contributed by atoms with Gasteiger partial charge in [-0.1, -0.05) is 56.3 Å². The molecule has 2 N–H and O–H groups in total. The number of aliphatic carboxylic acids is 1. The first kappa shape index (κ1) is 22.7. The molecular formula is C27H31N3O4. The van der Waals surface area contributed by atoms with Gasteiger partial charge >= 0.3 is 5.97 Å². The number of amides is 1. The summed E-state index contributed by atoms with van der Waals surface area (Å²) in [6.07, 6.45) is 0.161. The molecule has 0 spiro atoms. The summed E-state index contributed by atoms with van der Waals surface area (Å²) in [5.41, 5.74) is 2.12. The molecule has 0 aliphatic carbocycles. The van der Waals surface area contributed by atoms with Gasteiger partial charge in [0.2, 0.25) is 5.91 Å². The predicted molar refractivity (Wildman–Crippen MR) is 128 cm³/mol. The van der Waals surface area contributed by atoms with E-state index in [4.69, 9.17) is 0 Å². The Morgan fingerprint density at radius 1 is 0.941 bits per heavy atom. The summed E-state index contributed by atoms with van der Waals surface area (Å²) in [4.78, 5) is 41.8. The fourth-order valence-electron chi connectivity index (χ4n) is 6.44. The summed E-state index contributed by atoms with van der Waals surface area (Å²) in [7, 11) is 0. The number of nitrogens with zero attached hydrogens (tertiary/aromatic N) is 2. The van der Waals surface area contributed by atoms with Crippen molar-refractivity contribution in [3.63, 3.8) is 0 Å². The molecule has 4 saturated heterocycles. The first-order valence-corrected chi connectivity index (χ1v) is 11.9. The second-order valence-corrected chi connectivity index (χ2v) is 10.7. The van der Waals surface area contributed by atoms with Gasteiger partial charge in [-0.3, -0.25) is 24.2 Å². The Kier molecular flexibility index (Phi) is 5.57. The predicted octanol–water partition coefficient (Wildman–Crippen LogP) is 3.50. The van der Waals surface area contributed by atoms with E-state index in [-0.39, 0.29) is 41.7 Å². The molecule has 1 unspecified atom stereocenters. The summed E-state index contributed by atoms with van der Waals surface area (Å²) in [5.74, 6) is -1.10. The lowest BCUT2D eigenvalue weighted by Crippen LogP contribution is -2.75. The zero-order chi connectivity index (χ0) is 24.1.